The van der Waals surface area contributed by atoms with Crippen molar-refractivity contribution in [3.05, 3.63) is 12.2 Å². The third-order valence-corrected chi connectivity index (χ3v) is 1.28. The molecule has 0 heterocycles. The molecular weight excluding hydrogens is 170 g/mol. The molecule has 13 heavy (non-hydrogen) atoms. The van der Waals surface area contributed by atoms with Crippen molar-refractivity contribution in [2.24, 2.45) is 4.99 Å². The van der Waals surface area contributed by atoms with Gasteiger partial charge >= 0.3 is 5.97 Å². The Morgan fingerprint density at radius 2 is 2.31 bits per heavy atom. The molecule has 0 aliphatic carbocycles. The Balaban J connectivity index is 3.25. The lowest BCUT2D eigenvalue weighted by Gasteiger charge is -1.99. The third kappa shape index (κ3) is 8.50. The van der Waals surface area contributed by atoms with Gasteiger partial charge in [0.15, 0.2) is 0 Å². The molecule has 0 radical (unpaired) electrons. The molecule has 0 atom stereocenters. The van der Waals surface area contributed by atoms with Crippen LogP contribution in [-0.2, 0) is 14.3 Å². The SMILES string of the molecule is CC=CC(=O)OCCCCN=C=O. The molecule has 0 spiro atoms. The molecule has 0 aliphatic rings. The van der Waals surface area contributed by atoms with E-state index in [2.05, 4.69) is 4.99 Å². The lowest BCUT2D eigenvalue weighted by atomic mass is 10.3. The normalized spacial score (nSPS) is 9.62. The van der Waals surface area contributed by atoms with E-state index in [0.29, 0.717) is 19.6 Å². The molecule has 72 valence electrons. The van der Waals surface area contributed by atoms with E-state index in [1.807, 2.05) is 0 Å². The zero-order valence-electron chi connectivity index (χ0n) is 7.66. The fraction of sp³-hybridized carbons (Fsp3) is 0.556. The van der Waals surface area contributed by atoms with E-state index in [-0.39, 0.29) is 5.97 Å². The molecule has 0 saturated heterocycles. The van der Waals surface area contributed by atoms with Crippen molar-refractivity contribution in [1.82, 2.24) is 0 Å². The van der Waals surface area contributed by atoms with Gasteiger partial charge in [0.25, 0.3) is 0 Å². The minimum atomic E-state index is -0.332. The van der Waals surface area contributed by atoms with Crippen LogP contribution in [0.15, 0.2) is 17.1 Å². The Kier molecular flexibility index (Phi) is 7.74. The predicted molar refractivity (Wildman–Crippen MR) is 48.0 cm³/mol. The van der Waals surface area contributed by atoms with E-state index >= 15 is 0 Å². The number of carbonyl (C=O) groups is 1. The largest absolute Gasteiger partial charge is 0.463 e. The molecule has 4 nitrogen and oxygen atoms in total. The van der Waals surface area contributed by atoms with Crippen LogP contribution < -0.4 is 0 Å². The first-order valence-corrected chi connectivity index (χ1v) is 4.14. The van der Waals surface area contributed by atoms with Gasteiger partial charge in [0.2, 0.25) is 6.08 Å². The molecule has 0 aromatic heterocycles. The van der Waals surface area contributed by atoms with Crippen molar-refractivity contribution < 1.29 is 14.3 Å². The first kappa shape index (κ1) is 11.6. The van der Waals surface area contributed by atoms with E-state index in [1.165, 1.54) is 12.2 Å². The minimum Gasteiger partial charge on any atom is -0.463 e. The van der Waals surface area contributed by atoms with Gasteiger partial charge in [0.1, 0.15) is 0 Å². The summed E-state index contributed by atoms with van der Waals surface area (Å²) in [6.07, 6.45) is 5.88. The van der Waals surface area contributed by atoms with Crippen LogP contribution in [0, 0.1) is 0 Å². The first-order chi connectivity index (χ1) is 6.31. The Morgan fingerprint density at radius 3 is 2.92 bits per heavy atom. The van der Waals surface area contributed by atoms with Gasteiger partial charge in [-0.05, 0) is 19.8 Å². The number of allylic oxidation sites excluding steroid dienone is 1. The zero-order valence-corrected chi connectivity index (χ0v) is 7.66. The number of unbranched alkanes of at least 4 members (excludes halogenated alkanes) is 1. The maximum Gasteiger partial charge on any atom is 0.330 e. The summed E-state index contributed by atoms with van der Waals surface area (Å²) >= 11 is 0. The van der Waals surface area contributed by atoms with Gasteiger partial charge in [-0.1, -0.05) is 6.08 Å². The van der Waals surface area contributed by atoms with Crippen molar-refractivity contribution in [3.8, 4) is 0 Å². The number of rotatable bonds is 6. The van der Waals surface area contributed by atoms with Gasteiger partial charge in [-0.25, -0.2) is 14.6 Å². The minimum absolute atomic E-state index is 0.332. The molecule has 0 unspecified atom stereocenters. The standard InChI is InChI=1S/C9H13NO3/c1-2-5-9(12)13-7-4-3-6-10-8-11/h2,5H,3-4,6-7H2,1H3. The Bertz CT molecular complexity index is 217. The highest BCUT2D eigenvalue weighted by molar-refractivity contribution is 5.81. The maximum atomic E-state index is 10.7. The quantitative estimate of drug-likeness (QED) is 0.204. The topological polar surface area (TPSA) is 55.7 Å². The fourth-order valence-electron chi connectivity index (χ4n) is 0.696. The van der Waals surface area contributed by atoms with Crippen molar-refractivity contribution in [1.29, 1.82) is 0 Å². The summed E-state index contributed by atoms with van der Waals surface area (Å²) < 4.78 is 4.80. The molecule has 0 bridgehead atoms. The van der Waals surface area contributed by atoms with Crippen LogP contribution >= 0.6 is 0 Å². The second-order valence-corrected chi connectivity index (χ2v) is 2.35. The molecule has 0 aliphatic heterocycles. The third-order valence-electron chi connectivity index (χ3n) is 1.28. The van der Waals surface area contributed by atoms with Gasteiger partial charge in [-0.15, -0.1) is 0 Å². The predicted octanol–water partition coefficient (Wildman–Crippen LogP) is 1.22. The molecular formula is C9H13NO3. The average Bonchev–Trinajstić information content (AvgIpc) is 2.11. The van der Waals surface area contributed by atoms with E-state index in [4.69, 9.17) is 4.74 Å². The van der Waals surface area contributed by atoms with E-state index < -0.39 is 0 Å². The highest BCUT2D eigenvalue weighted by atomic mass is 16.5. The van der Waals surface area contributed by atoms with E-state index in [1.54, 1.807) is 13.0 Å². The Morgan fingerprint density at radius 1 is 1.54 bits per heavy atom. The van der Waals surface area contributed by atoms with Gasteiger partial charge in [0, 0.05) is 6.08 Å². The fourth-order valence-corrected chi connectivity index (χ4v) is 0.696. The van der Waals surface area contributed by atoms with E-state index in [0.717, 1.165) is 6.42 Å². The number of ether oxygens (including phenoxy) is 1. The van der Waals surface area contributed by atoms with Crippen molar-refractivity contribution in [3.63, 3.8) is 0 Å². The number of aliphatic imine (C=N–C) groups is 1. The van der Waals surface area contributed by atoms with Crippen molar-refractivity contribution in [2.45, 2.75) is 19.8 Å². The van der Waals surface area contributed by atoms with Crippen molar-refractivity contribution in [2.75, 3.05) is 13.2 Å². The maximum absolute atomic E-state index is 10.7. The molecule has 4 heteroatoms. The number of isocyanates is 1. The number of carbonyl (C=O) groups excluding carboxylic acids is 2. The second kappa shape index (κ2) is 8.68. The molecule has 0 fully saturated rings. The molecule has 0 amide bonds. The first-order valence-electron chi connectivity index (χ1n) is 4.14. The Labute approximate surface area is 77.3 Å². The molecule has 0 aromatic rings. The lowest BCUT2D eigenvalue weighted by Crippen LogP contribution is -2.02. The Hall–Kier alpha value is -1.41. The van der Waals surface area contributed by atoms with Crippen LogP contribution in [0.3, 0.4) is 0 Å². The summed E-state index contributed by atoms with van der Waals surface area (Å²) in [6.45, 7) is 2.57. The molecule has 0 N–H and O–H groups in total. The summed E-state index contributed by atoms with van der Waals surface area (Å²) in [5.74, 6) is -0.332. The highest BCUT2D eigenvalue weighted by Gasteiger charge is 1.94. The summed E-state index contributed by atoms with van der Waals surface area (Å²) in [6, 6.07) is 0. The van der Waals surface area contributed by atoms with Crippen LogP contribution in [0.5, 0.6) is 0 Å². The van der Waals surface area contributed by atoms with Crippen LogP contribution in [-0.4, -0.2) is 25.2 Å². The molecule has 0 rings (SSSR count). The summed E-state index contributed by atoms with van der Waals surface area (Å²) in [7, 11) is 0. The molecule has 0 aromatic carbocycles. The second-order valence-electron chi connectivity index (χ2n) is 2.35. The number of hydrogen-bond donors (Lipinski definition) is 0. The van der Waals surface area contributed by atoms with Crippen LogP contribution in [0.2, 0.25) is 0 Å². The van der Waals surface area contributed by atoms with Gasteiger partial charge in [-0.3, -0.25) is 0 Å². The lowest BCUT2D eigenvalue weighted by molar-refractivity contribution is -0.137. The highest BCUT2D eigenvalue weighted by Crippen LogP contribution is 1.91. The van der Waals surface area contributed by atoms with Gasteiger partial charge < -0.3 is 4.74 Å². The average molecular weight is 183 g/mol. The number of nitrogens with zero attached hydrogens (tertiary/aromatic N) is 1. The molecule has 0 saturated carbocycles. The summed E-state index contributed by atoms with van der Waals surface area (Å²) in [5, 5.41) is 0. The summed E-state index contributed by atoms with van der Waals surface area (Å²) in [4.78, 5) is 23.7. The summed E-state index contributed by atoms with van der Waals surface area (Å²) in [5.41, 5.74) is 0. The van der Waals surface area contributed by atoms with Crippen molar-refractivity contribution >= 4 is 12.0 Å². The van der Waals surface area contributed by atoms with E-state index in [9.17, 15) is 9.59 Å². The zero-order chi connectivity index (χ0) is 9.94. The van der Waals surface area contributed by atoms with Crippen LogP contribution in [0.1, 0.15) is 19.8 Å². The van der Waals surface area contributed by atoms with Crippen LogP contribution in [0.4, 0.5) is 0 Å². The van der Waals surface area contributed by atoms with Crippen LogP contribution in [0.25, 0.3) is 0 Å². The smallest absolute Gasteiger partial charge is 0.330 e. The monoisotopic (exact) mass is 183 g/mol. The van der Waals surface area contributed by atoms with Gasteiger partial charge in [-0.2, -0.15) is 0 Å². The van der Waals surface area contributed by atoms with Gasteiger partial charge in [0.05, 0.1) is 13.2 Å². The number of esters is 1. The number of hydrogen-bond acceptors (Lipinski definition) is 4.